The van der Waals surface area contributed by atoms with Crippen LogP contribution in [0.4, 0.5) is 0 Å². The third-order valence-electron chi connectivity index (χ3n) is 3.30. The van der Waals surface area contributed by atoms with Gasteiger partial charge in [0.1, 0.15) is 17.3 Å². The van der Waals surface area contributed by atoms with Crippen LogP contribution in [0, 0.1) is 12.3 Å². The zero-order chi connectivity index (χ0) is 17.6. The lowest BCUT2D eigenvalue weighted by atomic mass is 10.2. The topological polar surface area (TPSA) is 75.2 Å². The van der Waals surface area contributed by atoms with Gasteiger partial charge in [-0.15, -0.1) is 6.42 Å². The third kappa shape index (κ3) is 4.03. The first kappa shape index (κ1) is 16.7. The molecule has 124 valence electrons. The zero-order valence-corrected chi connectivity index (χ0v) is 13.9. The quantitative estimate of drug-likeness (QED) is 0.402. The standard InChI is InChI=1S/C19H14N2O3S/c1-2-11-24-16-10-6-3-7-13(16)12-17(18(22)23)25-19-20-14-8-4-5-9-15(14)21-19/h1,3-10,12H,11H2,(H,20,21)(H,22,23)/b17-12-. The van der Waals surface area contributed by atoms with Crippen LogP contribution in [0.15, 0.2) is 58.6 Å². The Hall–Kier alpha value is -3.17. The summed E-state index contributed by atoms with van der Waals surface area (Å²) < 4.78 is 5.46. The van der Waals surface area contributed by atoms with Crippen molar-refractivity contribution in [1.29, 1.82) is 0 Å². The number of aliphatic carboxylic acids is 1. The smallest absolute Gasteiger partial charge is 0.342 e. The molecule has 0 saturated heterocycles. The largest absolute Gasteiger partial charge is 0.480 e. The third-order valence-corrected chi connectivity index (χ3v) is 4.20. The van der Waals surface area contributed by atoms with Crippen molar-refractivity contribution >= 4 is 34.8 Å². The zero-order valence-electron chi connectivity index (χ0n) is 13.1. The number of hydrogen-bond acceptors (Lipinski definition) is 4. The summed E-state index contributed by atoms with van der Waals surface area (Å²) in [4.78, 5) is 19.3. The monoisotopic (exact) mass is 350 g/mol. The lowest BCUT2D eigenvalue weighted by molar-refractivity contribution is -0.131. The van der Waals surface area contributed by atoms with E-state index < -0.39 is 5.97 Å². The van der Waals surface area contributed by atoms with Gasteiger partial charge in [-0.3, -0.25) is 0 Å². The first-order valence-corrected chi connectivity index (χ1v) is 8.22. The summed E-state index contributed by atoms with van der Waals surface area (Å²) in [5.41, 5.74) is 2.28. The van der Waals surface area contributed by atoms with Crippen molar-refractivity contribution < 1.29 is 14.6 Å². The first-order chi connectivity index (χ1) is 12.2. The molecule has 0 unspecified atom stereocenters. The van der Waals surface area contributed by atoms with Gasteiger partial charge < -0.3 is 14.8 Å². The van der Waals surface area contributed by atoms with Crippen LogP contribution in [0.2, 0.25) is 0 Å². The number of terminal acetylenes is 1. The van der Waals surface area contributed by atoms with Crippen LogP contribution in [0.5, 0.6) is 5.75 Å². The van der Waals surface area contributed by atoms with Crippen LogP contribution >= 0.6 is 11.8 Å². The Morgan fingerprint density at radius 2 is 2.04 bits per heavy atom. The number of nitrogens with zero attached hydrogens (tertiary/aromatic N) is 1. The molecular weight excluding hydrogens is 336 g/mol. The van der Waals surface area contributed by atoms with Crippen molar-refractivity contribution in [2.45, 2.75) is 5.16 Å². The number of carbonyl (C=O) groups is 1. The molecule has 2 aromatic carbocycles. The minimum Gasteiger partial charge on any atom is -0.480 e. The second kappa shape index (κ2) is 7.60. The summed E-state index contributed by atoms with van der Waals surface area (Å²) in [6, 6.07) is 14.6. The number of rotatable bonds is 6. The average Bonchev–Trinajstić information content (AvgIpc) is 3.02. The van der Waals surface area contributed by atoms with E-state index in [4.69, 9.17) is 11.2 Å². The molecule has 0 aliphatic carbocycles. The summed E-state index contributed by atoms with van der Waals surface area (Å²) >= 11 is 1.05. The van der Waals surface area contributed by atoms with E-state index in [0.29, 0.717) is 16.5 Å². The number of H-pyrrole nitrogens is 1. The number of ether oxygens (including phenoxy) is 1. The normalized spacial score (nSPS) is 11.2. The fourth-order valence-electron chi connectivity index (χ4n) is 2.21. The lowest BCUT2D eigenvalue weighted by Crippen LogP contribution is -1.99. The van der Waals surface area contributed by atoms with Crippen LogP contribution in [0.25, 0.3) is 17.1 Å². The summed E-state index contributed by atoms with van der Waals surface area (Å²) in [5, 5.41) is 10.0. The molecule has 0 bridgehead atoms. The highest BCUT2D eigenvalue weighted by atomic mass is 32.2. The van der Waals surface area contributed by atoms with E-state index in [1.54, 1.807) is 30.3 Å². The maximum atomic E-state index is 11.6. The van der Waals surface area contributed by atoms with Gasteiger partial charge in [0.15, 0.2) is 5.16 Å². The van der Waals surface area contributed by atoms with Gasteiger partial charge in [0, 0.05) is 5.56 Å². The molecule has 1 heterocycles. The van der Waals surface area contributed by atoms with Crippen molar-refractivity contribution in [3.8, 4) is 18.1 Å². The molecule has 0 amide bonds. The van der Waals surface area contributed by atoms with E-state index in [9.17, 15) is 9.90 Å². The van der Waals surface area contributed by atoms with Crippen molar-refractivity contribution in [3.63, 3.8) is 0 Å². The Balaban J connectivity index is 1.92. The summed E-state index contributed by atoms with van der Waals surface area (Å²) in [6.45, 7) is 0.115. The maximum absolute atomic E-state index is 11.6. The molecule has 0 radical (unpaired) electrons. The van der Waals surface area contributed by atoms with Gasteiger partial charge in [-0.2, -0.15) is 0 Å². The predicted octanol–water partition coefficient (Wildman–Crippen LogP) is 3.79. The van der Waals surface area contributed by atoms with Gasteiger partial charge in [0.2, 0.25) is 0 Å². The number of hydrogen-bond donors (Lipinski definition) is 2. The Bertz CT molecular complexity index is 952. The minimum absolute atomic E-state index is 0.115. The van der Waals surface area contributed by atoms with Gasteiger partial charge in [0.05, 0.1) is 11.0 Å². The average molecular weight is 350 g/mol. The number of imidazole rings is 1. The summed E-state index contributed by atoms with van der Waals surface area (Å²) in [6.07, 6.45) is 6.76. The van der Waals surface area contributed by atoms with Crippen molar-refractivity contribution in [1.82, 2.24) is 9.97 Å². The number of para-hydroxylation sites is 3. The van der Waals surface area contributed by atoms with E-state index in [1.165, 1.54) is 0 Å². The van der Waals surface area contributed by atoms with E-state index >= 15 is 0 Å². The Morgan fingerprint density at radius 3 is 2.80 bits per heavy atom. The van der Waals surface area contributed by atoms with E-state index in [-0.39, 0.29) is 11.5 Å². The second-order valence-electron chi connectivity index (χ2n) is 5.01. The van der Waals surface area contributed by atoms with E-state index in [2.05, 4.69) is 15.9 Å². The molecule has 1 aromatic heterocycles. The van der Waals surface area contributed by atoms with Crippen LogP contribution in [0.3, 0.4) is 0 Å². The molecule has 0 fully saturated rings. The molecule has 2 N–H and O–H groups in total. The molecule has 0 aliphatic rings. The molecule has 0 saturated carbocycles. The van der Waals surface area contributed by atoms with Gasteiger partial charge in [-0.25, -0.2) is 9.78 Å². The van der Waals surface area contributed by atoms with Crippen LogP contribution in [-0.2, 0) is 4.79 Å². The van der Waals surface area contributed by atoms with Gasteiger partial charge in [0.25, 0.3) is 0 Å². The van der Waals surface area contributed by atoms with Crippen molar-refractivity contribution in [3.05, 3.63) is 59.0 Å². The minimum atomic E-state index is -1.04. The molecule has 3 rings (SSSR count). The molecular formula is C19H14N2O3S. The van der Waals surface area contributed by atoms with Crippen LogP contribution in [-0.4, -0.2) is 27.7 Å². The van der Waals surface area contributed by atoms with E-state index in [0.717, 1.165) is 22.8 Å². The summed E-state index contributed by atoms with van der Waals surface area (Å²) in [7, 11) is 0. The van der Waals surface area contributed by atoms with Crippen molar-refractivity contribution in [2.24, 2.45) is 0 Å². The lowest BCUT2D eigenvalue weighted by Gasteiger charge is -2.07. The molecule has 25 heavy (non-hydrogen) atoms. The SMILES string of the molecule is C#CCOc1ccccc1/C=C(\Sc1nc2ccccc2[nH]1)C(=O)O. The number of aromatic nitrogens is 2. The van der Waals surface area contributed by atoms with Gasteiger partial charge >= 0.3 is 5.97 Å². The number of carboxylic acid groups (broad SMARTS) is 1. The highest BCUT2D eigenvalue weighted by molar-refractivity contribution is 8.04. The fourth-order valence-corrected chi connectivity index (χ4v) is 3.00. The van der Waals surface area contributed by atoms with Crippen molar-refractivity contribution in [2.75, 3.05) is 6.61 Å². The van der Waals surface area contributed by atoms with Gasteiger partial charge in [-0.1, -0.05) is 36.3 Å². The molecule has 0 spiro atoms. The number of benzene rings is 2. The first-order valence-electron chi connectivity index (χ1n) is 7.40. The number of aromatic amines is 1. The Kier molecular flexibility index (Phi) is 5.07. The molecule has 6 heteroatoms. The van der Waals surface area contributed by atoms with Gasteiger partial charge in [-0.05, 0) is 36.0 Å². The number of fused-ring (bicyclic) bond motifs is 1. The number of nitrogens with one attached hydrogen (secondary N) is 1. The molecule has 0 aliphatic heterocycles. The number of thioether (sulfide) groups is 1. The fraction of sp³-hybridized carbons (Fsp3) is 0.0526. The second-order valence-corrected chi connectivity index (χ2v) is 6.04. The molecule has 0 atom stereocenters. The molecule has 3 aromatic rings. The predicted molar refractivity (Wildman–Crippen MR) is 98.3 cm³/mol. The van der Waals surface area contributed by atoms with E-state index in [1.807, 2.05) is 24.3 Å². The summed E-state index contributed by atoms with van der Waals surface area (Å²) in [5.74, 6) is 1.88. The van der Waals surface area contributed by atoms with Crippen LogP contribution < -0.4 is 4.74 Å². The maximum Gasteiger partial charge on any atom is 0.342 e. The Morgan fingerprint density at radius 1 is 1.28 bits per heavy atom. The number of carboxylic acids is 1. The van der Waals surface area contributed by atoms with Crippen LogP contribution in [0.1, 0.15) is 5.56 Å². The highest BCUT2D eigenvalue weighted by Crippen LogP contribution is 2.30. The highest BCUT2D eigenvalue weighted by Gasteiger charge is 2.14. The Labute approximate surface area is 148 Å². The molecule has 5 nitrogen and oxygen atoms in total.